The molecule has 3 aromatic carbocycles. The predicted octanol–water partition coefficient (Wildman–Crippen LogP) is 6.85. The smallest absolute Gasteiger partial charge is 0.213 e. The van der Waals surface area contributed by atoms with Crippen molar-refractivity contribution in [3.8, 4) is 11.3 Å². The number of fused-ring (bicyclic) bond motifs is 8. The third-order valence-corrected chi connectivity index (χ3v) is 7.65. The molecule has 0 aliphatic heterocycles. The first-order valence-electron chi connectivity index (χ1n) is 10.3. The van der Waals surface area contributed by atoms with Crippen molar-refractivity contribution < 1.29 is 4.57 Å². The maximum Gasteiger partial charge on any atom is 0.213 e. The molecule has 0 spiro atoms. The maximum absolute atomic E-state index is 2.48. The van der Waals surface area contributed by atoms with E-state index in [1.165, 1.54) is 64.3 Å². The van der Waals surface area contributed by atoms with E-state index in [-0.39, 0.29) is 0 Å². The summed E-state index contributed by atoms with van der Waals surface area (Å²) in [6.45, 7) is 2.19. The number of benzene rings is 3. The zero-order valence-electron chi connectivity index (χ0n) is 16.8. The fourth-order valence-corrected chi connectivity index (χ4v) is 6.40. The minimum absolute atomic E-state index is 1.26. The number of thiophene rings is 1. The fourth-order valence-electron chi connectivity index (χ4n) is 5.15. The SMILES string of the molecule is Cc1ccccc1-c1cc2sc3c(c2c[n+]1C)c1cccc2c4ccccc4n3c21. The summed E-state index contributed by atoms with van der Waals surface area (Å²) in [5.74, 6) is 0. The van der Waals surface area contributed by atoms with Gasteiger partial charge in [-0.25, -0.2) is 4.57 Å². The largest absolute Gasteiger partial charge is 0.299 e. The summed E-state index contributed by atoms with van der Waals surface area (Å²) in [5.41, 5.74) is 6.52. The molecule has 0 aliphatic rings. The summed E-state index contributed by atoms with van der Waals surface area (Å²) in [7, 11) is 2.16. The summed E-state index contributed by atoms with van der Waals surface area (Å²) in [6, 6.07) is 26.5. The van der Waals surface area contributed by atoms with Crippen LogP contribution in [0.4, 0.5) is 0 Å². The molecule has 3 heteroatoms. The molecular weight excluding hydrogens is 384 g/mol. The van der Waals surface area contributed by atoms with Crippen LogP contribution in [0.5, 0.6) is 0 Å². The summed E-state index contributed by atoms with van der Waals surface area (Å²) in [6.07, 6.45) is 2.32. The number of pyridine rings is 1. The van der Waals surface area contributed by atoms with Gasteiger partial charge >= 0.3 is 0 Å². The molecule has 0 bridgehead atoms. The molecule has 0 saturated heterocycles. The van der Waals surface area contributed by atoms with E-state index in [1.807, 2.05) is 11.3 Å². The minimum atomic E-state index is 1.26. The van der Waals surface area contributed by atoms with Gasteiger partial charge in [0.1, 0.15) is 11.9 Å². The van der Waals surface area contributed by atoms with E-state index in [0.29, 0.717) is 0 Å². The molecule has 0 radical (unpaired) electrons. The Morgan fingerprint density at radius 2 is 1.57 bits per heavy atom. The van der Waals surface area contributed by atoms with Crippen molar-refractivity contribution in [2.75, 3.05) is 0 Å². The fraction of sp³-hybridized carbons (Fsp3) is 0.0741. The van der Waals surface area contributed by atoms with E-state index in [0.717, 1.165) is 0 Å². The molecule has 30 heavy (non-hydrogen) atoms. The quantitative estimate of drug-likeness (QED) is 0.265. The summed E-state index contributed by atoms with van der Waals surface area (Å²) in [4.78, 5) is 1.35. The number of rotatable bonds is 1. The molecule has 2 nitrogen and oxygen atoms in total. The predicted molar refractivity (Wildman–Crippen MR) is 128 cm³/mol. The van der Waals surface area contributed by atoms with Crippen molar-refractivity contribution in [1.82, 2.24) is 4.40 Å². The Morgan fingerprint density at radius 3 is 2.47 bits per heavy atom. The van der Waals surface area contributed by atoms with Crippen LogP contribution in [0.1, 0.15) is 5.56 Å². The highest BCUT2D eigenvalue weighted by Crippen LogP contribution is 2.45. The molecule has 7 rings (SSSR count). The van der Waals surface area contributed by atoms with Crippen LogP contribution >= 0.6 is 11.3 Å². The first-order chi connectivity index (χ1) is 14.7. The van der Waals surface area contributed by atoms with Crippen LogP contribution in [0, 0.1) is 6.92 Å². The lowest BCUT2D eigenvalue weighted by molar-refractivity contribution is -0.659. The molecule has 4 aromatic heterocycles. The topological polar surface area (TPSA) is 8.29 Å². The molecule has 0 atom stereocenters. The molecule has 0 amide bonds. The van der Waals surface area contributed by atoms with Crippen molar-refractivity contribution in [2.24, 2.45) is 7.05 Å². The lowest BCUT2D eigenvalue weighted by atomic mass is 10.0. The summed E-state index contributed by atoms with van der Waals surface area (Å²) in [5, 5.41) is 6.76. The number of hydrogen-bond acceptors (Lipinski definition) is 1. The average molecular weight is 404 g/mol. The average Bonchev–Trinajstić information content (AvgIpc) is 3.39. The van der Waals surface area contributed by atoms with Crippen LogP contribution in [-0.2, 0) is 7.05 Å². The van der Waals surface area contributed by atoms with E-state index in [1.54, 1.807) is 0 Å². The van der Waals surface area contributed by atoms with Gasteiger partial charge in [-0.05, 0) is 24.6 Å². The number of aromatic nitrogens is 2. The summed E-state index contributed by atoms with van der Waals surface area (Å²) < 4.78 is 6.11. The molecule has 0 saturated carbocycles. The number of para-hydroxylation sites is 2. The zero-order chi connectivity index (χ0) is 20.0. The Kier molecular flexibility index (Phi) is 3.05. The van der Waals surface area contributed by atoms with E-state index < -0.39 is 0 Å². The molecule has 0 aliphatic carbocycles. The van der Waals surface area contributed by atoms with E-state index in [9.17, 15) is 0 Å². The third-order valence-electron chi connectivity index (χ3n) is 6.51. The molecule has 7 aromatic rings. The van der Waals surface area contributed by atoms with Crippen molar-refractivity contribution in [3.63, 3.8) is 0 Å². The Labute approximate surface area is 177 Å². The highest BCUT2D eigenvalue weighted by Gasteiger charge is 2.23. The zero-order valence-corrected chi connectivity index (χ0v) is 17.6. The standard InChI is InChI=1S/C27H19N2S/c1-16-8-3-4-9-17(16)23-14-24-21(15-28(23)2)25-20-12-7-11-19-18-10-5-6-13-22(18)29(26(19)20)27(25)30-24/h3-15H,1-2H3/q+1. The van der Waals surface area contributed by atoms with Crippen molar-refractivity contribution in [1.29, 1.82) is 0 Å². The van der Waals surface area contributed by atoms with Gasteiger partial charge in [0.2, 0.25) is 5.69 Å². The van der Waals surface area contributed by atoms with Crippen molar-refractivity contribution in [3.05, 3.63) is 84.6 Å². The van der Waals surface area contributed by atoms with Gasteiger partial charge in [0.25, 0.3) is 0 Å². The van der Waals surface area contributed by atoms with Crippen molar-refractivity contribution in [2.45, 2.75) is 6.92 Å². The Bertz CT molecular complexity index is 1770. The van der Waals surface area contributed by atoms with Crippen LogP contribution < -0.4 is 4.57 Å². The summed E-state index contributed by atoms with van der Waals surface area (Å²) >= 11 is 1.91. The molecule has 0 unspecified atom stereocenters. The number of aryl methyl sites for hydroxylation is 2. The Hall–Kier alpha value is -3.43. The highest BCUT2D eigenvalue weighted by molar-refractivity contribution is 7.25. The van der Waals surface area contributed by atoms with Crippen LogP contribution in [0.15, 0.2) is 79.0 Å². The normalized spacial score (nSPS) is 12.3. The van der Waals surface area contributed by atoms with E-state index in [2.05, 4.69) is 102 Å². The Morgan fingerprint density at radius 1 is 0.800 bits per heavy atom. The second-order valence-corrected chi connectivity index (χ2v) is 9.23. The van der Waals surface area contributed by atoms with Gasteiger partial charge in [-0.2, -0.15) is 0 Å². The van der Waals surface area contributed by atoms with Gasteiger partial charge < -0.3 is 0 Å². The molecule has 142 valence electrons. The van der Waals surface area contributed by atoms with Gasteiger partial charge in [-0.1, -0.05) is 54.6 Å². The third kappa shape index (κ3) is 1.91. The monoisotopic (exact) mass is 403 g/mol. The van der Waals surface area contributed by atoms with Crippen LogP contribution in [0.2, 0.25) is 0 Å². The second-order valence-electron chi connectivity index (χ2n) is 8.20. The number of nitrogens with zero attached hydrogens (tertiary/aromatic N) is 2. The number of hydrogen-bond donors (Lipinski definition) is 0. The van der Waals surface area contributed by atoms with Gasteiger partial charge in [0.05, 0.1) is 16.4 Å². The molecule has 0 fully saturated rings. The van der Waals surface area contributed by atoms with E-state index >= 15 is 0 Å². The van der Waals surface area contributed by atoms with Gasteiger partial charge in [0.15, 0.2) is 6.20 Å². The second kappa shape index (κ2) is 5.59. The van der Waals surface area contributed by atoms with Crippen LogP contribution in [0.3, 0.4) is 0 Å². The lowest BCUT2D eigenvalue weighted by Crippen LogP contribution is -2.30. The molecular formula is C27H19N2S+. The first kappa shape index (κ1) is 16.4. The Balaban J connectivity index is 1.67. The minimum Gasteiger partial charge on any atom is -0.299 e. The lowest BCUT2D eigenvalue weighted by Gasteiger charge is -2.04. The van der Waals surface area contributed by atoms with Gasteiger partial charge in [0, 0.05) is 37.9 Å². The first-order valence-corrected chi connectivity index (χ1v) is 11.1. The van der Waals surface area contributed by atoms with Gasteiger partial charge in [-0.3, -0.25) is 4.40 Å². The molecule has 0 N–H and O–H groups in total. The van der Waals surface area contributed by atoms with E-state index in [4.69, 9.17) is 0 Å². The molecule has 4 heterocycles. The van der Waals surface area contributed by atoms with Gasteiger partial charge in [-0.15, -0.1) is 11.3 Å². The highest BCUT2D eigenvalue weighted by atomic mass is 32.1. The van der Waals surface area contributed by atoms with Crippen LogP contribution in [-0.4, -0.2) is 4.40 Å². The maximum atomic E-state index is 2.48. The van der Waals surface area contributed by atoms with Crippen LogP contribution in [0.25, 0.3) is 58.8 Å². The van der Waals surface area contributed by atoms with Crippen molar-refractivity contribution >= 4 is 58.8 Å².